The van der Waals surface area contributed by atoms with Crippen molar-refractivity contribution in [2.24, 2.45) is 0 Å². The van der Waals surface area contributed by atoms with E-state index >= 15 is 0 Å². The number of hydrogen-bond donors (Lipinski definition) is 2. The van der Waals surface area contributed by atoms with E-state index in [1.165, 1.54) is 19.4 Å². The van der Waals surface area contributed by atoms with E-state index in [2.05, 4.69) is 17.6 Å². The summed E-state index contributed by atoms with van der Waals surface area (Å²) in [5.74, 6) is 0. The van der Waals surface area contributed by atoms with Gasteiger partial charge < -0.3 is 15.4 Å². The Kier molecular flexibility index (Phi) is 5.35. The molecule has 1 saturated heterocycles. The Labute approximate surface area is 81.2 Å². The van der Waals surface area contributed by atoms with Crippen LogP contribution in [0.2, 0.25) is 0 Å². The minimum absolute atomic E-state index is 0.572. The van der Waals surface area contributed by atoms with Gasteiger partial charge in [0.05, 0.1) is 0 Å². The Morgan fingerprint density at radius 1 is 1.62 bits per heavy atom. The molecule has 1 rings (SSSR count). The van der Waals surface area contributed by atoms with Crippen LogP contribution in [-0.2, 0) is 4.74 Å². The first-order chi connectivity index (χ1) is 6.33. The average Bonchev–Trinajstić information content (AvgIpc) is 2.64. The molecule has 0 radical (unpaired) electrons. The Bertz CT molecular complexity index is 124. The van der Waals surface area contributed by atoms with Crippen LogP contribution in [0.5, 0.6) is 0 Å². The number of rotatable bonds is 6. The highest BCUT2D eigenvalue weighted by Gasteiger charge is 2.13. The van der Waals surface area contributed by atoms with Gasteiger partial charge in [-0.25, -0.2) is 0 Å². The van der Waals surface area contributed by atoms with Crippen LogP contribution < -0.4 is 10.6 Å². The summed E-state index contributed by atoms with van der Waals surface area (Å²) in [5, 5.41) is 6.99. The van der Waals surface area contributed by atoms with E-state index in [1.54, 1.807) is 7.11 Å². The van der Waals surface area contributed by atoms with E-state index in [1.807, 2.05) is 0 Å². The second kappa shape index (κ2) is 6.35. The van der Waals surface area contributed by atoms with Gasteiger partial charge in [-0.1, -0.05) is 0 Å². The molecule has 0 aromatic rings. The lowest BCUT2D eigenvalue weighted by atomic mass is 10.2. The zero-order chi connectivity index (χ0) is 9.52. The summed E-state index contributed by atoms with van der Waals surface area (Å²) in [6.07, 6.45) is 3.76. The molecule has 0 aromatic heterocycles. The van der Waals surface area contributed by atoms with Gasteiger partial charge in [0.1, 0.15) is 0 Å². The summed E-state index contributed by atoms with van der Waals surface area (Å²) in [6.45, 7) is 5.36. The summed E-state index contributed by atoms with van der Waals surface area (Å²) < 4.78 is 5.03. The smallest absolute Gasteiger partial charge is 0.0476 e. The van der Waals surface area contributed by atoms with Crippen molar-refractivity contribution in [3.63, 3.8) is 0 Å². The lowest BCUT2D eigenvalue weighted by Gasteiger charge is -2.16. The fourth-order valence-corrected chi connectivity index (χ4v) is 1.67. The van der Waals surface area contributed by atoms with Crippen molar-refractivity contribution in [2.45, 2.75) is 38.3 Å². The van der Waals surface area contributed by atoms with Crippen molar-refractivity contribution in [3.8, 4) is 0 Å². The molecule has 0 amide bonds. The predicted molar refractivity (Wildman–Crippen MR) is 55.0 cm³/mol. The van der Waals surface area contributed by atoms with Gasteiger partial charge in [0.15, 0.2) is 0 Å². The van der Waals surface area contributed by atoms with Crippen molar-refractivity contribution >= 4 is 0 Å². The minimum Gasteiger partial charge on any atom is -0.385 e. The minimum atomic E-state index is 0.572. The van der Waals surface area contributed by atoms with Crippen LogP contribution >= 0.6 is 0 Å². The molecule has 1 aliphatic heterocycles. The molecule has 13 heavy (non-hydrogen) atoms. The molecule has 3 heteroatoms. The summed E-state index contributed by atoms with van der Waals surface area (Å²) >= 11 is 0. The first-order valence-electron chi connectivity index (χ1n) is 5.28. The molecule has 1 aliphatic rings. The van der Waals surface area contributed by atoms with E-state index in [9.17, 15) is 0 Å². The van der Waals surface area contributed by atoms with Crippen molar-refractivity contribution in [3.05, 3.63) is 0 Å². The highest BCUT2D eigenvalue weighted by molar-refractivity contribution is 4.77. The number of hydrogen-bond acceptors (Lipinski definition) is 3. The Morgan fingerprint density at radius 3 is 3.08 bits per heavy atom. The molecule has 0 aliphatic carbocycles. The molecule has 0 bridgehead atoms. The van der Waals surface area contributed by atoms with E-state index in [-0.39, 0.29) is 0 Å². The predicted octanol–water partition coefficient (Wildman–Crippen LogP) is 0.753. The van der Waals surface area contributed by atoms with Gasteiger partial charge in [-0.2, -0.15) is 0 Å². The summed E-state index contributed by atoms with van der Waals surface area (Å²) in [4.78, 5) is 0. The molecule has 0 aromatic carbocycles. The maximum atomic E-state index is 5.03. The van der Waals surface area contributed by atoms with Crippen molar-refractivity contribution < 1.29 is 4.74 Å². The molecule has 78 valence electrons. The van der Waals surface area contributed by atoms with Gasteiger partial charge >= 0.3 is 0 Å². The van der Waals surface area contributed by atoms with Gasteiger partial charge in [0.25, 0.3) is 0 Å². The summed E-state index contributed by atoms with van der Waals surface area (Å²) in [7, 11) is 1.76. The third kappa shape index (κ3) is 4.60. The van der Waals surface area contributed by atoms with Crippen molar-refractivity contribution in [2.75, 3.05) is 26.8 Å². The van der Waals surface area contributed by atoms with Gasteiger partial charge in [-0.3, -0.25) is 0 Å². The molecule has 0 spiro atoms. The summed E-state index contributed by atoms with van der Waals surface area (Å²) in [6, 6.07) is 1.27. The van der Waals surface area contributed by atoms with Gasteiger partial charge in [0, 0.05) is 32.3 Å². The third-order valence-corrected chi connectivity index (χ3v) is 2.63. The van der Waals surface area contributed by atoms with E-state index < -0.39 is 0 Å². The molecule has 1 fully saturated rings. The lowest BCUT2D eigenvalue weighted by Crippen LogP contribution is -2.38. The van der Waals surface area contributed by atoms with E-state index in [4.69, 9.17) is 4.74 Å². The fourth-order valence-electron chi connectivity index (χ4n) is 1.67. The maximum absolute atomic E-state index is 5.03. The lowest BCUT2D eigenvalue weighted by molar-refractivity contribution is 0.184. The van der Waals surface area contributed by atoms with Gasteiger partial charge in [0.2, 0.25) is 0 Å². The highest BCUT2D eigenvalue weighted by atomic mass is 16.5. The topological polar surface area (TPSA) is 33.3 Å². The number of nitrogens with one attached hydrogen (secondary N) is 2. The zero-order valence-corrected chi connectivity index (χ0v) is 8.81. The van der Waals surface area contributed by atoms with Crippen LogP contribution in [0.3, 0.4) is 0 Å². The van der Waals surface area contributed by atoms with E-state index in [0.29, 0.717) is 12.1 Å². The summed E-state index contributed by atoms with van der Waals surface area (Å²) in [5.41, 5.74) is 0. The van der Waals surface area contributed by atoms with Crippen molar-refractivity contribution in [1.29, 1.82) is 0 Å². The Balaban J connectivity index is 1.97. The first kappa shape index (κ1) is 11.0. The quantitative estimate of drug-likeness (QED) is 0.642. The second-order valence-corrected chi connectivity index (χ2v) is 3.88. The molecule has 0 saturated carbocycles. The van der Waals surface area contributed by atoms with Crippen LogP contribution in [0.4, 0.5) is 0 Å². The molecular weight excluding hydrogens is 164 g/mol. The molecular formula is C10H22N2O. The monoisotopic (exact) mass is 186 g/mol. The molecule has 1 heterocycles. The Hall–Kier alpha value is -0.120. The highest BCUT2D eigenvalue weighted by Crippen LogP contribution is 2.03. The standard InChI is InChI=1S/C10H22N2O/c1-9(5-7-13-2)12-8-10-4-3-6-11-10/h9-12H,3-8H2,1-2H3. The van der Waals surface area contributed by atoms with Gasteiger partial charge in [-0.05, 0) is 32.7 Å². The normalized spacial score (nSPS) is 24.9. The number of ether oxygens (including phenoxy) is 1. The largest absolute Gasteiger partial charge is 0.385 e. The maximum Gasteiger partial charge on any atom is 0.0476 e. The molecule has 3 nitrogen and oxygen atoms in total. The SMILES string of the molecule is COCCC(C)NCC1CCCN1. The average molecular weight is 186 g/mol. The van der Waals surface area contributed by atoms with Crippen molar-refractivity contribution in [1.82, 2.24) is 10.6 Å². The van der Waals surface area contributed by atoms with Crippen LogP contribution in [0, 0.1) is 0 Å². The van der Waals surface area contributed by atoms with Crippen LogP contribution in [-0.4, -0.2) is 38.9 Å². The third-order valence-electron chi connectivity index (χ3n) is 2.63. The van der Waals surface area contributed by atoms with Crippen LogP contribution in [0.15, 0.2) is 0 Å². The van der Waals surface area contributed by atoms with Crippen LogP contribution in [0.25, 0.3) is 0 Å². The number of methoxy groups -OCH3 is 1. The first-order valence-corrected chi connectivity index (χ1v) is 5.28. The Morgan fingerprint density at radius 2 is 2.46 bits per heavy atom. The second-order valence-electron chi connectivity index (χ2n) is 3.88. The molecule has 2 N–H and O–H groups in total. The molecule has 2 atom stereocenters. The zero-order valence-electron chi connectivity index (χ0n) is 8.81. The molecule has 2 unspecified atom stereocenters. The van der Waals surface area contributed by atoms with Crippen LogP contribution in [0.1, 0.15) is 26.2 Å². The van der Waals surface area contributed by atoms with E-state index in [0.717, 1.165) is 19.6 Å². The van der Waals surface area contributed by atoms with Gasteiger partial charge in [-0.15, -0.1) is 0 Å². The fraction of sp³-hybridized carbons (Fsp3) is 1.00.